The molecule has 1 amide bonds. The van der Waals surface area contributed by atoms with Crippen LogP contribution in [0.25, 0.3) is 11.1 Å². The van der Waals surface area contributed by atoms with E-state index in [2.05, 4.69) is 10.2 Å². The molecule has 4 nitrogen and oxygen atoms in total. The molecule has 1 saturated heterocycles. The second-order valence-corrected chi connectivity index (χ2v) is 7.10. The van der Waals surface area contributed by atoms with Gasteiger partial charge in [-0.1, -0.05) is 24.3 Å². The summed E-state index contributed by atoms with van der Waals surface area (Å²) in [6.45, 7) is 4.48. The molecule has 1 unspecified atom stereocenters. The summed E-state index contributed by atoms with van der Waals surface area (Å²) < 4.78 is 18.3. The average molecular weight is 370 g/mol. The lowest BCUT2D eigenvalue weighted by molar-refractivity contribution is 0.0913. The number of nitrogens with one attached hydrogen (secondary N) is 1. The van der Waals surface area contributed by atoms with Gasteiger partial charge in [-0.15, -0.1) is 0 Å². The molecule has 0 saturated carbocycles. The summed E-state index contributed by atoms with van der Waals surface area (Å²) in [5.74, 6) is 0.146. The van der Waals surface area contributed by atoms with Gasteiger partial charge in [0.2, 0.25) is 0 Å². The van der Waals surface area contributed by atoms with E-state index in [0.29, 0.717) is 18.0 Å². The van der Waals surface area contributed by atoms with Gasteiger partial charge in [0.25, 0.3) is 5.91 Å². The Morgan fingerprint density at radius 2 is 2.04 bits per heavy atom. The standard InChI is InChI=1S/C22H27FN2O2/c1-27-13-12-25-11-3-4-17(16-25)15-24-22(26)20-6-2-5-19(14-20)18-7-9-21(23)10-8-18/h2,5-10,14,17H,3-4,11-13,15-16H2,1H3,(H,24,26). The molecule has 1 aliphatic rings. The Morgan fingerprint density at radius 1 is 1.22 bits per heavy atom. The van der Waals surface area contributed by atoms with E-state index in [1.54, 1.807) is 19.2 Å². The van der Waals surface area contributed by atoms with Gasteiger partial charge in [0, 0.05) is 32.3 Å². The third kappa shape index (κ3) is 5.62. The van der Waals surface area contributed by atoms with Crippen LogP contribution in [0, 0.1) is 11.7 Å². The maximum Gasteiger partial charge on any atom is 0.251 e. The number of hydrogen-bond donors (Lipinski definition) is 1. The molecular weight excluding hydrogens is 343 g/mol. The Bertz CT molecular complexity index is 748. The number of amides is 1. The third-order valence-corrected chi connectivity index (χ3v) is 5.07. The van der Waals surface area contributed by atoms with E-state index in [-0.39, 0.29) is 11.7 Å². The SMILES string of the molecule is COCCN1CCCC(CNC(=O)c2cccc(-c3ccc(F)cc3)c2)C1. The molecule has 1 fully saturated rings. The molecule has 0 aliphatic carbocycles. The Hall–Kier alpha value is -2.24. The van der Waals surface area contributed by atoms with Crippen LogP contribution in [0.1, 0.15) is 23.2 Å². The molecule has 144 valence electrons. The van der Waals surface area contributed by atoms with E-state index in [9.17, 15) is 9.18 Å². The summed E-state index contributed by atoms with van der Waals surface area (Å²) in [6.07, 6.45) is 2.30. The number of benzene rings is 2. The number of likely N-dealkylation sites (tertiary alicyclic amines) is 1. The van der Waals surface area contributed by atoms with E-state index in [0.717, 1.165) is 50.2 Å². The number of carbonyl (C=O) groups excluding carboxylic acids is 1. The Labute approximate surface area is 160 Å². The number of halogens is 1. The van der Waals surface area contributed by atoms with Crippen LogP contribution >= 0.6 is 0 Å². The van der Waals surface area contributed by atoms with Crippen molar-refractivity contribution in [1.29, 1.82) is 0 Å². The number of carbonyl (C=O) groups is 1. The lowest BCUT2D eigenvalue weighted by Gasteiger charge is -2.32. The average Bonchev–Trinajstić information content (AvgIpc) is 2.71. The molecule has 2 aromatic rings. The second-order valence-electron chi connectivity index (χ2n) is 7.10. The summed E-state index contributed by atoms with van der Waals surface area (Å²) in [7, 11) is 1.72. The van der Waals surface area contributed by atoms with Crippen molar-refractivity contribution < 1.29 is 13.9 Å². The van der Waals surface area contributed by atoms with Crippen LogP contribution < -0.4 is 5.32 Å². The van der Waals surface area contributed by atoms with Gasteiger partial charge in [-0.2, -0.15) is 0 Å². The molecule has 1 atom stereocenters. The fourth-order valence-electron chi connectivity index (χ4n) is 3.56. The monoisotopic (exact) mass is 370 g/mol. The summed E-state index contributed by atoms with van der Waals surface area (Å²) in [5, 5.41) is 3.08. The fourth-order valence-corrected chi connectivity index (χ4v) is 3.56. The first-order valence-electron chi connectivity index (χ1n) is 9.51. The predicted molar refractivity (Wildman–Crippen MR) is 105 cm³/mol. The molecule has 2 aromatic carbocycles. The van der Waals surface area contributed by atoms with Crippen molar-refractivity contribution in [3.63, 3.8) is 0 Å². The van der Waals surface area contributed by atoms with Gasteiger partial charge in [-0.05, 0) is 60.7 Å². The first-order chi connectivity index (χ1) is 13.2. The second kappa shape index (κ2) is 9.62. The van der Waals surface area contributed by atoms with Crippen LogP contribution in [0.4, 0.5) is 4.39 Å². The van der Waals surface area contributed by atoms with Crippen LogP contribution in [0.2, 0.25) is 0 Å². The molecule has 1 aliphatic heterocycles. The zero-order valence-corrected chi connectivity index (χ0v) is 15.8. The lowest BCUT2D eigenvalue weighted by Crippen LogP contribution is -2.42. The number of hydrogen-bond acceptors (Lipinski definition) is 3. The largest absolute Gasteiger partial charge is 0.383 e. The lowest BCUT2D eigenvalue weighted by atomic mass is 9.97. The summed E-state index contributed by atoms with van der Waals surface area (Å²) in [5.41, 5.74) is 2.43. The van der Waals surface area contributed by atoms with Gasteiger partial charge in [0.15, 0.2) is 0 Å². The highest BCUT2D eigenvalue weighted by molar-refractivity contribution is 5.95. The normalized spacial score (nSPS) is 17.6. The summed E-state index contributed by atoms with van der Waals surface area (Å²) >= 11 is 0. The van der Waals surface area contributed by atoms with Crippen LogP contribution in [-0.2, 0) is 4.74 Å². The zero-order valence-electron chi connectivity index (χ0n) is 15.8. The van der Waals surface area contributed by atoms with E-state index < -0.39 is 0 Å². The number of methoxy groups -OCH3 is 1. The summed E-state index contributed by atoms with van der Waals surface area (Å²) in [6, 6.07) is 13.8. The maximum atomic E-state index is 13.1. The minimum Gasteiger partial charge on any atom is -0.383 e. The van der Waals surface area contributed by atoms with Crippen molar-refractivity contribution in [2.45, 2.75) is 12.8 Å². The number of nitrogens with zero attached hydrogens (tertiary/aromatic N) is 1. The first-order valence-corrected chi connectivity index (χ1v) is 9.51. The highest BCUT2D eigenvalue weighted by Gasteiger charge is 2.20. The van der Waals surface area contributed by atoms with Crippen molar-refractivity contribution >= 4 is 5.91 Å². The van der Waals surface area contributed by atoms with Gasteiger partial charge in [0.1, 0.15) is 5.82 Å². The van der Waals surface area contributed by atoms with E-state index in [1.165, 1.54) is 12.1 Å². The third-order valence-electron chi connectivity index (χ3n) is 5.07. The zero-order chi connectivity index (χ0) is 19.1. The molecule has 1 heterocycles. The molecular formula is C22H27FN2O2. The van der Waals surface area contributed by atoms with Gasteiger partial charge in [0.05, 0.1) is 6.61 Å². The van der Waals surface area contributed by atoms with Crippen LogP contribution in [0.15, 0.2) is 48.5 Å². The Morgan fingerprint density at radius 3 is 2.81 bits per heavy atom. The smallest absolute Gasteiger partial charge is 0.251 e. The van der Waals surface area contributed by atoms with Crippen molar-refractivity contribution in [2.24, 2.45) is 5.92 Å². The topological polar surface area (TPSA) is 41.6 Å². The van der Waals surface area contributed by atoms with Gasteiger partial charge in [-0.3, -0.25) is 4.79 Å². The highest BCUT2D eigenvalue weighted by atomic mass is 19.1. The van der Waals surface area contributed by atoms with E-state index in [1.807, 2.05) is 24.3 Å². The number of piperidine rings is 1. The minimum atomic E-state index is -0.264. The molecule has 0 spiro atoms. The molecule has 0 radical (unpaired) electrons. The number of ether oxygens (including phenoxy) is 1. The van der Waals surface area contributed by atoms with Crippen molar-refractivity contribution in [3.8, 4) is 11.1 Å². The quantitative estimate of drug-likeness (QED) is 0.810. The predicted octanol–water partition coefficient (Wildman–Crippen LogP) is 3.58. The van der Waals surface area contributed by atoms with E-state index >= 15 is 0 Å². The van der Waals surface area contributed by atoms with Crippen molar-refractivity contribution in [2.75, 3.05) is 39.9 Å². The van der Waals surface area contributed by atoms with E-state index in [4.69, 9.17) is 4.74 Å². The number of rotatable bonds is 7. The molecule has 0 bridgehead atoms. The molecule has 1 N–H and O–H groups in total. The molecule has 5 heteroatoms. The van der Waals surface area contributed by atoms with Gasteiger partial charge in [-0.25, -0.2) is 4.39 Å². The minimum absolute atomic E-state index is 0.0621. The van der Waals surface area contributed by atoms with Crippen LogP contribution in [-0.4, -0.2) is 50.7 Å². The highest BCUT2D eigenvalue weighted by Crippen LogP contribution is 2.21. The van der Waals surface area contributed by atoms with Gasteiger partial charge >= 0.3 is 0 Å². The Balaban J connectivity index is 1.56. The summed E-state index contributed by atoms with van der Waals surface area (Å²) in [4.78, 5) is 15.0. The van der Waals surface area contributed by atoms with Crippen molar-refractivity contribution in [1.82, 2.24) is 10.2 Å². The van der Waals surface area contributed by atoms with Gasteiger partial charge < -0.3 is 15.0 Å². The molecule has 27 heavy (non-hydrogen) atoms. The Kier molecular flexibility index (Phi) is 6.96. The maximum absolute atomic E-state index is 13.1. The first kappa shape index (κ1) is 19.5. The van der Waals surface area contributed by atoms with Crippen molar-refractivity contribution in [3.05, 3.63) is 59.9 Å². The fraction of sp³-hybridized carbons (Fsp3) is 0.409. The van der Waals surface area contributed by atoms with Crippen LogP contribution in [0.3, 0.4) is 0 Å². The molecule has 0 aromatic heterocycles. The molecule has 3 rings (SSSR count). The van der Waals surface area contributed by atoms with Crippen LogP contribution in [0.5, 0.6) is 0 Å².